The summed E-state index contributed by atoms with van der Waals surface area (Å²) in [5, 5.41) is 2.21. The number of anilines is 1. The molecule has 4 nitrogen and oxygen atoms in total. The predicted octanol–water partition coefficient (Wildman–Crippen LogP) is 4.95. The molecule has 0 bridgehead atoms. The summed E-state index contributed by atoms with van der Waals surface area (Å²) < 4.78 is 45.3. The van der Waals surface area contributed by atoms with Crippen LogP contribution in [0.1, 0.15) is 23.4 Å². The molecule has 1 N–H and O–H groups in total. The summed E-state index contributed by atoms with van der Waals surface area (Å²) in [6, 6.07) is 7.60. The van der Waals surface area contributed by atoms with Gasteiger partial charge in [0.05, 0.1) is 11.9 Å². The number of nitrogens with zero attached hydrogens (tertiary/aromatic N) is 1. The molecule has 0 fully saturated rings. The van der Waals surface area contributed by atoms with Gasteiger partial charge in [-0.2, -0.15) is 0 Å². The Balaban J connectivity index is 1.62. The highest BCUT2D eigenvalue weighted by Gasteiger charge is 2.16. The highest BCUT2D eigenvalue weighted by Crippen LogP contribution is 2.24. The molecule has 1 heterocycles. The topological polar surface area (TPSA) is 55.1 Å². The van der Waals surface area contributed by atoms with E-state index >= 15 is 0 Å². The van der Waals surface area contributed by atoms with Crippen molar-refractivity contribution in [2.75, 3.05) is 5.32 Å². The molecule has 3 aromatic rings. The molecule has 140 valence electrons. The molecule has 0 unspecified atom stereocenters. The molecule has 0 saturated carbocycles. The zero-order chi connectivity index (χ0) is 19.6. The third-order valence-corrected chi connectivity index (χ3v) is 4.22. The molecular weight excluding hydrogens is 357 g/mol. The molecule has 0 atom stereocenters. The maximum Gasteiger partial charge on any atom is 0.224 e. The number of hydrogen-bond acceptors (Lipinski definition) is 3. The maximum atomic E-state index is 13.6. The van der Waals surface area contributed by atoms with Crippen molar-refractivity contribution in [1.29, 1.82) is 0 Å². The molecule has 27 heavy (non-hydrogen) atoms. The Labute approximate surface area is 154 Å². The fraction of sp³-hybridized carbons (Fsp3) is 0.200. The molecule has 0 saturated heterocycles. The zero-order valence-corrected chi connectivity index (χ0v) is 14.8. The first-order chi connectivity index (χ1) is 12.8. The van der Waals surface area contributed by atoms with E-state index in [4.69, 9.17) is 4.42 Å². The molecule has 1 amide bonds. The number of rotatable bonds is 5. The summed E-state index contributed by atoms with van der Waals surface area (Å²) in [6.07, 6.45) is 1.71. The summed E-state index contributed by atoms with van der Waals surface area (Å²) in [5.74, 6) is -4.01. The molecular formula is C20H17F3N2O2. The SMILES string of the molecule is Cc1ccc(-c2cnc(CCC(=O)Nc3ccc(F)c(F)c3F)o2)cc1C. The van der Waals surface area contributed by atoms with Crippen molar-refractivity contribution in [2.24, 2.45) is 0 Å². The van der Waals surface area contributed by atoms with Crippen LogP contribution in [0.4, 0.5) is 18.9 Å². The first-order valence-corrected chi connectivity index (χ1v) is 8.31. The first kappa shape index (κ1) is 18.7. The van der Waals surface area contributed by atoms with E-state index < -0.39 is 29.0 Å². The number of hydrogen-bond donors (Lipinski definition) is 1. The summed E-state index contributed by atoms with van der Waals surface area (Å²) in [4.78, 5) is 16.1. The number of amides is 1. The van der Waals surface area contributed by atoms with E-state index in [9.17, 15) is 18.0 Å². The molecule has 0 aliphatic heterocycles. The summed E-state index contributed by atoms with van der Waals surface area (Å²) in [5.41, 5.74) is 2.75. The second-order valence-electron chi connectivity index (χ2n) is 6.19. The highest BCUT2D eigenvalue weighted by atomic mass is 19.2. The van der Waals surface area contributed by atoms with E-state index in [0.29, 0.717) is 11.7 Å². The average Bonchev–Trinajstić information content (AvgIpc) is 3.12. The minimum atomic E-state index is -1.63. The Morgan fingerprint density at radius 1 is 1.07 bits per heavy atom. The van der Waals surface area contributed by atoms with Crippen LogP contribution in [0.5, 0.6) is 0 Å². The summed E-state index contributed by atoms with van der Waals surface area (Å²) >= 11 is 0. The minimum Gasteiger partial charge on any atom is -0.441 e. The third kappa shape index (κ3) is 4.19. The van der Waals surface area contributed by atoms with Crippen molar-refractivity contribution in [2.45, 2.75) is 26.7 Å². The van der Waals surface area contributed by atoms with Crippen molar-refractivity contribution in [3.63, 3.8) is 0 Å². The van der Waals surface area contributed by atoms with Crippen LogP contribution >= 0.6 is 0 Å². The van der Waals surface area contributed by atoms with Crippen LogP contribution in [0.25, 0.3) is 11.3 Å². The smallest absolute Gasteiger partial charge is 0.224 e. The predicted molar refractivity (Wildman–Crippen MR) is 94.7 cm³/mol. The Kier molecular flexibility index (Phi) is 5.30. The Bertz CT molecular complexity index is 999. The number of nitrogens with one attached hydrogen (secondary N) is 1. The standard InChI is InChI=1S/C20H17F3N2O2/c1-11-3-4-13(9-12(11)2)16-10-24-18(27-16)8-7-17(26)25-15-6-5-14(21)19(22)20(15)23/h3-6,9-10H,7-8H2,1-2H3,(H,25,26). The number of aryl methyl sites for hydroxylation is 3. The van der Waals surface area contributed by atoms with Crippen LogP contribution in [-0.2, 0) is 11.2 Å². The van der Waals surface area contributed by atoms with Crippen LogP contribution in [-0.4, -0.2) is 10.9 Å². The van der Waals surface area contributed by atoms with Crippen LogP contribution in [0.3, 0.4) is 0 Å². The van der Waals surface area contributed by atoms with Gasteiger partial charge < -0.3 is 9.73 Å². The quantitative estimate of drug-likeness (QED) is 0.643. The minimum absolute atomic E-state index is 0.0503. The van der Waals surface area contributed by atoms with Crippen LogP contribution in [0, 0.1) is 31.3 Å². The molecule has 2 aromatic carbocycles. The van der Waals surface area contributed by atoms with Gasteiger partial charge in [-0.1, -0.05) is 12.1 Å². The van der Waals surface area contributed by atoms with E-state index in [1.807, 2.05) is 32.0 Å². The fourth-order valence-electron chi connectivity index (χ4n) is 2.51. The van der Waals surface area contributed by atoms with Gasteiger partial charge in [-0.25, -0.2) is 18.2 Å². The lowest BCUT2D eigenvalue weighted by Gasteiger charge is -2.06. The summed E-state index contributed by atoms with van der Waals surface area (Å²) in [7, 11) is 0. The monoisotopic (exact) mass is 374 g/mol. The Morgan fingerprint density at radius 3 is 2.59 bits per heavy atom. The lowest BCUT2D eigenvalue weighted by Crippen LogP contribution is -2.14. The van der Waals surface area contributed by atoms with Gasteiger partial charge in [0, 0.05) is 18.4 Å². The van der Waals surface area contributed by atoms with E-state index in [2.05, 4.69) is 10.3 Å². The molecule has 7 heteroatoms. The van der Waals surface area contributed by atoms with Gasteiger partial charge in [-0.3, -0.25) is 4.79 Å². The largest absolute Gasteiger partial charge is 0.441 e. The van der Waals surface area contributed by atoms with Gasteiger partial charge in [0.15, 0.2) is 29.1 Å². The van der Waals surface area contributed by atoms with Gasteiger partial charge in [-0.05, 0) is 43.2 Å². The lowest BCUT2D eigenvalue weighted by atomic mass is 10.1. The first-order valence-electron chi connectivity index (χ1n) is 8.31. The number of aromatic nitrogens is 1. The van der Waals surface area contributed by atoms with Crippen LogP contribution in [0.15, 0.2) is 40.9 Å². The second-order valence-corrected chi connectivity index (χ2v) is 6.19. The average molecular weight is 374 g/mol. The Morgan fingerprint density at radius 2 is 1.85 bits per heavy atom. The summed E-state index contributed by atoms with van der Waals surface area (Å²) in [6.45, 7) is 4.01. The zero-order valence-electron chi connectivity index (χ0n) is 14.8. The van der Waals surface area contributed by atoms with Crippen LogP contribution in [0.2, 0.25) is 0 Å². The van der Waals surface area contributed by atoms with Gasteiger partial charge in [-0.15, -0.1) is 0 Å². The van der Waals surface area contributed by atoms with E-state index in [-0.39, 0.29) is 12.8 Å². The highest BCUT2D eigenvalue weighted by molar-refractivity contribution is 5.90. The molecule has 1 aromatic heterocycles. The van der Waals surface area contributed by atoms with E-state index in [1.54, 1.807) is 6.20 Å². The van der Waals surface area contributed by atoms with Crippen molar-refractivity contribution in [1.82, 2.24) is 4.98 Å². The van der Waals surface area contributed by atoms with Crippen molar-refractivity contribution < 1.29 is 22.4 Å². The molecule has 0 aliphatic rings. The van der Waals surface area contributed by atoms with Crippen molar-refractivity contribution >= 4 is 11.6 Å². The van der Waals surface area contributed by atoms with Crippen molar-refractivity contribution in [3.05, 3.63) is 71.0 Å². The maximum absolute atomic E-state index is 13.6. The molecule has 0 aliphatic carbocycles. The van der Waals surface area contributed by atoms with Gasteiger partial charge in [0.1, 0.15) is 0 Å². The van der Waals surface area contributed by atoms with Crippen LogP contribution < -0.4 is 5.32 Å². The second kappa shape index (κ2) is 7.65. The molecule has 0 radical (unpaired) electrons. The van der Waals surface area contributed by atoms with Gasteiger partial charge >= 0.3 is 0 Å². The van der Waals surface area contributed by atoms with Gasteiger partial charge in [0.25, 0.3) is 0 Å². The van der Waals surface area contributed by atoms with Crippen molar-refractivity contribution in [3.8, 4) is 11.3 Å². The van der Waals surface area contributed by atoms with E-state index in [0.717, 1.165) is 23.3 Å². The Hall–Kier alpha value is -3.09. The third-order valence-electron chi connectivity index (χ3n) is 4.22. The normalized spacial score (nSPS) is 10.9. The van der Waals surface area contributed by atoms with Gasteiger partial charge in [0.2, 0.25) is 5.91 Å². The molecule has 0 spiro atoms. The van der Waals surface area contributed by atoms with E-state index in [1.165, 1.54) is 5.56 Å². The number of benzene rings is 2. The number of oxazole rings is 1. The fourth-order valence-corrected chi connectivity index (χ4v) is 2.51. The lowest BCUT2D eigenvalue weighted by molar-refractivity contribution is -0.116. The number of carbonyl (C=O) groups excluding carboxylic acids is 1. The molecule has 3 rings (SSSR count). The number of halogens is 3. The number of carbonyl (C=O) groups is 1.